The summed E-state index contributed by atoms with van der Waals surface area (Å²) in [5.74, 6) is -0.331. The molecule has 1 aliphatic rings. The number of nitrogens with zero attached hydrogens (tertiary/aromatic N) is 2. The Bertz CT molecular complexity index is 281. The van der Waals surface area contributed by atoms with Crippen LogP contribution in [0.2, 0.25) is 0 Å². The first-order chi connectivity index (χ1) is 8.10. The summed E-state index contributed by atoms with van der Waals surface area (Å²) >= 11 is 0. The van der Waals surface area contributed by atoms with Gasteiger partial charge >= 0.3 is 12.0 Å². The number of ether oxygens (including phenoxy) is 1. The highest BCUT2D eigenvalue weighted by molar-refractivity contribution is 5.77. The third-order valence-electron chi connectivity index (χ3n) is 3.11. The molecule has 1 heterocycles. The lowest BCUT2D eigenvalue weighted by Gasteiger charge is -2.34. The van der Waals surface area contributed by atoms with Crippen molar-refractivity contribution in [2.75, 3.05) is 33.3 Å². The van der Waals surface area contributed by atoms with Gasteiger partial charge in [0.05, 0.1) is 12.5 Å². The second-order valence-corrected chi connectivity index (χ2v) is 4.33. The molecule has 0 radical (unpaired) electrons. The smallest absolute Gasteiger partial charge is 0.319 e. The van der Waals surface area contributed by atoms with Gasteiger partial charge in [-0.25, -0.2) is 4.79 Å². The molecule has 1 aliphatic heterocycles. The number of esters is 1. The molecule has 1 fully saturated rings. The Morgan fingerprint density at radius 3 is 2.71 bits per heavy atom. The van der Waals surface area contributed by atoms with Crippen LogP contribution in [0.5, 0.6) is 0 Å². The molecule has 0 saturated carbocycles. The van der Waals surface area contributed by atoms with E-state index in [0.29, 0.717) is 19.7 Å². The molecule has 0 aromatic rings. The SMILES string of the molecule is CCOC(=O)[C@@H]1CCCN(C(=O)N(C)CC)C1. The molecule has 0 spiro atoms. The van der Waals surface area contributed by atoms with Crippen molar-refractivity contribution in [1.29, 1.82) is 0 Å². The summed E-state index contributed by atoms with van der Waals surface area (Å²) in [7, 11) is 1.77. The first-order valence-corrected chi connectivity index (χ1v) is 6.26. The van der Waals surface area contributed by atoms with Gasteiger partial charge < -0.3 is 14.5 Å². The largest absolute Gasteiger partial charge is 0.466 e. The molecule has 1 saturated heterocycles. The summed E-state index contributed by atoms with van der Waals surface area (Å²) in [6, 6.07) is 0.00139. The number of urea groups is 1. The highest BCUT2D eigenvalue weighted by atomic mass is 16.5. The number of likely N-dealkylation sites (tertiary alicyclic amines) is 1. The predicted octanol–water partition coefficient (Wildman–Crippen LogP) is 1.33. The quantitative estimate of drug-likeness (QED) is 0.702. The van der Waals surface area contributed by atoms with E-state index in [1.165, 1.54) is 0 Å². The molecule has 0 N–H and O–H groups in total. The molecule has 5 heteroatoms. The van der Waals surface area contributed by atoms with Gasteiger partial charge in [0.1, 0.15) is 0 Å². The van der Waals surface area contributed by atoms with E-state index < -0.39 is 0 Å². The summed E-state index contributed by atoms with van der Waals surface area (Å²) in [5.41, 5.74) is 0. The molecule has 0 bridgehead atoms. The minimum Gasteiger partial charge on any atom is -0.466 e. The lowest BCUT2D eigenvalue weighted by molar-refractivity contribution is -0.149. The van der Waals surface area contributed by atoms with Gasteiger partial charge in [-0.2, -0.15) is 0 Å². The highest BCUT2D eigenvalue weighted by Gasteiger charge is 2.30. The van der Waals surface area contributed by atoms with E-state index in [0.717, 1.165) is 19.4 Å². The van der Waals surface area contributed by atoms with Crippen LogP contribution in [0.25, 0.3) is 0 Å². The fourth-order valence-electron chi connectivity index (χ4n) is 1.98. The third kappa shape index (κ3) is 3.61. The van der Waals surface area contributed by atoms with Crippen LogP contribution in [-0.4, -0.2) is 55.1 Å². The maximum Gasteiger partial charge on any atom is 0.319 e. The van der Waals surface area contributed by atoms with Crippen LogP contribution in [0, 0.1) is 5.92 Å². The Kier molecular flexibility index (Phi) is 5.25. The van der Waals surface area contributed by atoms with Gasteiger partial charge in [-0.15, -0.1) is 0 Å². The van der Waals surface area contributed by atoms with E-state index in [9.17, 15) is 9.59 Å². The van der Waals surface area contributed by atoms with Crippen LogP contribution in [0.1, 0.15) is 26.7 Å². The summed E-state index contributed by atoms with van der Waals surface area (Å²) < 4.78 is 5.01. The standard InChI is InChI=1S/C12H22N2O3/c1-4-13(3)12(16)14-8-6-7-10(9-14)11(15)17-5-2/h10H,4-9H2,1-3H3/t10-/m1/s1. The molecule has 1 atom stereocenters. The first kappa shape index (κ1) is 13.8. The molecule has 1 rings (SSSR count). The van der Waals surface area contributed by atoms with Gasteiger partial charge in [-0.3, -0.25) is 4.79 Å². The minimum atomic E-state index is -0.177. The Balaban J connectivity index is 2.54. The molecule has 0 aromatic carbocycles. The van der Waals surface area contributed by atoms with Crippen LogP contribution < -0.4 is 0 Å². The fraction of sp³-hybridized carbons (Fsp3) is 0.833. The zero-order valence-corrected chi connectivity index (χ0v) is 10.9. The van der Waals surface area contributed by atoms with E-state index in [4.69, 9.17) is 4.74 Å². The van der Waals surface area contributed by atoms with E-state index in [2.05, 4.69) is 0 Å². The van der Waals surface area contributed by atoms with E-state index in [-0.39, 0.29) is 17.9 Å². The average Bonchev–Trinajstić information content (AvgIpc) is 2.37. The lowest BCUT2D eigenvalue weighted by Crippen LogP contribution is -2.47. The Hall–Kier alpha value is -1.26. The summed E-state index contributed by atoms with van der Waals surface area (Å²) in [6.07, 6.45) is 1.69. The summed E-state index contributed by atoms with van der Waals surface area (Å²) in [5, 5.41) is 0. The second-order valence-electron chi connectivity index (χ2n) is 4.33. The maximum atomic E-state index is 12.0. The number of hydrogen-bond donors (Lipinski definition) is 0. The zero-order chi connectivity index (χ0) is 12.8. The molecular weight excluding hydrogens is 220 g/mol. The van der Waals surface area contributed by atoms with Gasteiger partial charge in [-0.1, -0.05) is 0 Å². The topological polar surface area (TPSA) is 49.9 Å². The van der Waals surface area contributed by atoms with Crippen molar-refractivity contribution in [2.45, 2.75) is 26.7 Å². The first-order valence-electron chi connectivity index (χ1n) is 6.26. The fourth-order valence-corrected chi connectivity index (χ4v) is 1.98. The summed E-state index contributed by atoms with van der Waals surface area (Å²) in [4.78, 5) is 27.0. The van der Waals surface area contributed by atoms with Crippen molar-refractivity contribution in [3.8, 4) is 0 Å². The number of rotatable bonds is 3. The van der Waals surface area contributed by atoms with Gasteiger partial charge in [0.2, 0.25) is 0 Å². The predicted molar refractivity (Wildman–Crippen MR) is 64.6 cm³/mol. The van der Waals surface area contributed by atoms with Crippen molar-refractivity contribution in [3.63, 3.8) is 0 Å². The maximum absolute atomic E-state index is 12.0. The lowest BCUT2D eigenvalue weighted by atomic mass is 9.98. The van der Waals surface area contributed by atoms with Crippen LogP contribution in [0.3, 0.4) is 0 Å². The number of carbonyl (C=O) groups is 2. The van der Waals surface area contributed by atoms with Crippen LogP contribution >= 0.6 is 0 Å². The normalized spacial score (nSPS) is 19.9. The number of amides is 2. The van der Waals surface area contributed by atoms with Crippen molar-refractivity contribution in [1.82, 2.24) is 9.80 Å². The van der Waals surface area contributed by atoms with Gasteiger partial charge in [-0.05, 0) is 26.7 Å². The van der Waals surface area contributed by atoms with Crippen molar-refractivity contribution in [3.05, 3.63) is 0 Å². The molecule has 0 aliphatic carbocycles. The number of piperidine rings is 1. The van der Waals surface area contributed by atoms with Crippen molar-refractivity contribution < 1.29 is 14.3 Å². The molecule has 5 nitrogen and oxygen atoms in total. The number of hydrogen-bond acceptors (Lipinski definition) is 3. The van der Waals surface area contributed by atoms with E-state index in [1.54, 1.807) is 23.8 Å². The zero-order valence-electron chi connectivity index (χ0n) is 10.9. The third-order valence-corrected chi connectivity index (χ3v) is 3.11. The minimum absolute atomic E-state index is 0.00139. The molecule has 98 valence electrons. The Labute approximate surface area is 103 Å². The van der Waals surface area contributed by atoms with Crippen molar-refractivity contribution >= 4 is 12.0 Å². The van der Waals surface area contributed by atoms with E-state index >= 15 is 0 Å². The van der Waals surface area contributed by atoms with Gasteiger partial charge in [0.15, 0.2) is 0 Å². The molecule has 0 aromatic heterocycles. The Morgan fingerprint density at radius 2 is 2.12 bits per heavy atom. The number of carbonyl (C=O) groups excluding carboxylic acids is 2. The summed E-state index contributed by atoms with van der Waals surface area (Å²) in [6.45, 7) is 6.04. The molecular formula is C12H22N2O3. The average molecular weight is 242 g/mol. The Morgan fingerprint density at radius 1 is 1.41 bits per heavy atom. The van der Waals surface area contributed by atoms with Crippen LogP contribution in [-0.2, 0) is 9.53 Å². The highest BCUT2D eigenvalue weighted by Crippen LogP contribution is 2.18. The van der Waals surface area contributed by atoms with Crippen LogP contribution in [0.4, 0.5) is 4.79 Å². The monoisotopic (exact) mass is 242 g/mol. The van der Waals surface area contributed by atoms with Crippen LogP contribution in [0.15, 0.2) is 0 Å². The molecule has 2 amide bonds. The molecule has 0 unspecified atom stereocenters. The molecule has 17 heavy (non-hydrogen) atoms. The van der Waals surface area contributed by atoms with Crippen molar-refractivity contribution in [2.24, 2.45) is 5.92 Å². The van der Waals surface area contributed by atoms with Gasteiger partial charge in [0, 0.05) is 26.7 Å². The van der Waals surface area contributed by atoms with Gasteiger partial charge in [0.25, 0.3) is 0 Å². The second kappa shape index (κ2) is 6.47. The van der Waals surface area contributed by atoms with E-state index in [1.807, 2.05) is 6.92 Å².